The Kier molecular flexibility index (Phi) is 4.65. The molecule has 1 heterocycles. The number of rotatable bonds is 5. The molecule has 0 aromatic carbocycles. The Morgan fingerprint density at radius 3 is 2.67 bits per heavy atom. The van der Waals surface area contributed by atoms with Gasteiger partial charge in [-0.1, -0.05) is 39.0 Å². The number of aromatic nitrogens is 2. The van der Waals surface area contributed by atoms with Gasteiger partial charge < -0.3 is 0 Å². The third kappa shape index (κ3) is 3.32. The maximum atomic E-state index is 5.88. The van der Waals surface area contributed by atoms with Gasteiger partial charge in [0.05, 0.1) is 11.7 Å². The standard InChI is InChI=1S/C17H30N4/c1-17(10-5-2-6-11-17)16(19-18)13-14-9-12-21(20-14)15-7-3-4-8-15/h9,12,15-16,19H,2-8,10-11,13,18H2,1H3. The molecule has 3 N–H and O–H groups in total. The molecule has 2 saturated carbocycles. The Bertz CT molecular complexity index is 441. The van der Waals surface area contributed by atoms with Crippen LogP contribution in [-0.4, -0.2) is 15.8 Å². The van der Waals surface area contributed by atoms with Crippen LogP contribution in [0.4, 0.5) is 0 Å². The number of nitrogens with two attached hydrogens (primary N) is 1. The Morgan fingerprint density at radius 1 is 1.29 bits per heavy atom. The number of hydrogen-bond acceptors (Lipinski definition) is 3. The van der Waals surface area contributed by atoms with Gasteiger partial charge in [0.2, 0.25) is 0 Å². The molecular formula is C17H30N4. The minimum absolute atomic E-state index is 0.324. The molecule has 2 aliphatic rings. The summed E-state index contributed by atoms with van der Waals surface area (Å²) in [5.41, 5.74) is 4.61. The molecule has 0 bridgehead atoms. The highest BCUT2D eigenvalue weighted by Gasteiger charge is 2.35. The predicted octanol–water partition coefficient (Wildman–Crippen LogP) is 3.34. The molecule has 4 heteroatoms. The normalized spacial score (nSPS) is 24.3. The third-order valence-corrected chi connectivity index (χ3v) is 5.81. The zero-order chi connectivity index (χ0) is 14.7. The van der Waals surface area contributed by atoms with Crippen molar-refractivity contribution in [1.82, 2.24) is 15.2 Å². The molecule has 3 rings (SSSR count). The monoisotopic (exact) mass is 290 g/mol. The van der Waals surface area contributed by atoms with E-state index in [9.17, 15) is 0 Å². The summed E-state index contributed by atoms with van der Waals surface area (Å²) < 4.78 is 2.19. The lowest BCUT2D eigenvalue weighted by atomic mass is 9.69. The fourth-order valence-corrected chi connectivity index (χ4v) is 4.28. The topological polar surface area (TPSA) is 55.9 Å². The summed E-state index contributed by atoms with van der Waals surface area (Å²) in [5, 5.41) is 4.83. The first-order valence-electron chi connectivity index (χ1n) is 8.71. The minimum atomic E-state index is 0.324. The molecule has 21 heavy (non-hydrogen) atoms. The van der Waals surface area contributed by atoms with Crippen molar-refractivity contribution in [1.29, 1.82) is 0 Å². The maximum Gasteiger partial charge on any atom is 0.0640 e. The van der Waals surface area contributed by atoms with E-state index in [0.29, 0.717) is 17.5 Å². The van der Waals surface area contributed by atoms with E-state index < -0.39 is 0 Å². The molecule has 1 atom stereocenters. The van der Waals surface area contributed by atoms with E-state index in [2.05, 4.69) is 29.3 Å². The van der Waals surface area contributed by atoms with E-state index in [-0.39, 0.29) is 0 Å². The lowest BCUT2D eigenvalue weighted by Gasteiger charge is -2.40. The smallest absolute Gasteiger partial charge is 0.0640 e. The lowest BCUT2D eigenvalue weighted by Crippen LogP contribution is -2.49. The summed E-state index contributed by atoms with van der Waals surface area (Å²) in [6.07, 6.45) is 15.0. The molecule has 1 unspecified atom stereocenters. The van der Waals surface area contributed by atoms with Crippen molar-refractivity contribution in [3.63, 3.8) is 0 Å². The second-order valence-corrected chi connectivity index (χ2v) is 7.36. The quantitative estimate of drug-likeness (QED) is 0.646. The van der Waals surface area contributed by atoms with Gasteiger partial charge in [0.15, 0.2) is 0 Å². The van der Waals surface area contributed by atoms with Gasteiger partial charge in [-0.2, -0.15) is 5.10 Å². The first-order chi connectivity index (χ1) is 10.2. The molecular weight excluding hydrogens is 260 g/mol. The molecule has 118 valence electrons. The Morgan fingerprint density at radius 2 is 2.00 bits per heavy atom. The second kappa shape index (κ2) is 6.49. The summed E-state index contributed by atoms with van der Waals surface area (Å²) in [4.78, 5) is 0. The highest BCUT2D eigenvalue weighted by atomic mass is 15.3. The zero-order valence-electron chi connectivity index (χ0n) is 13.4. The van der Waals surface area contributed by atoms with Gasteiger partial charge in [-0.3, -0.25) is 16.0 Å². The first kappa shape index (κ1) is 15.0. The van der Waals surface area contributed by atoms with Crippen LogP contribution < -0.4 is 11.3 Å². The van der Waals surface area contributed by atoms with Crippen LogP contribution >= 0.6 is 0 Å². The molecule has 0 radical (unpaired) electrons. The largest absolute Gasteiger partial charge is 0.271 e. The van der Waals surface area contributed by atoms with E-state index in [4.69, 9.17) is 10.9 Å². The maximum absolute atomic E-state index is 5.88. The molecule has 2 fully saturated rings. The summed E-state index contributed by atoms with van der Waals surface area (Å²) in [6.45, 7) is 2.39. The van der Waals surface area contributed by atoms with E-state index in [0.717, 1.165) is 6.42 Å². The van der Waals surface area contributed by atoms with Crippen molar-refractivity contribution in [3.8, 4) is 0 Å². The molecule has 0 spiro atoms. The van der Waals surface area contributed by atoms with Gasteiger partial charge in [-0.05, 0) is 37.2 Å². The summed E-state index contributed by atoms with van der Waals surface area (Å²) in [5.74, 6) is 5.88. The fraction of sp³-hybridized carbons (Fsp3) is 0.824. The van der Waals surface area contributed by atoms with Crippen LogP contribution in [-0.2, 0) is 6.42 Å². The average molecular weight is 290 g/mol. The van der Waals surface area contributed by atoms with Crippen molar-refractivity contribution in [2.45, 2.75) is 83.2 Å². The number of nitrogens with one attached hydrogen (secondary N) is 1. The molecule has 0 amide bonds. The SMILES string of the molecule is CC1(C(Cc2ccn(C3CCCC3)n2)NN)CCCCC1. The molecule has 2 aliphatic carbocycles. The minimum Gasteiger partial charge on any atom is -0.271 e. The van der Waals surface area contributed by atoms with Crippen LogP contribution in [0.25, 0.3) is 0 Å². The van der Waals surface area contributed by atoms with E-state index in [1.807, 2.05) is 0 Å². The number of nitrogens with zero attached hydrogens (tertiary/aromatic N) is 2. The molecule has 1 aromatic heterocycles. The van der Waals surface area contributed by atoms with Crippen molar-refractivity contribution < 1.29 is 0 Å². The summed E-state index contributed by atoms with van der Waals surface area (Å²) in [7, 11) is 0. The number of hydrogen-bond donors (Lipinski definition) is 2. The predicted molar refractivity (Wildman–Crippen MR) is 85.7 cm³/mol. The van der Waals surface area contributed by atoms with Crippen molar-refractivity contribution in [2.75, 3.05) is 0 Å². The van der Waals surface area contributed by atoms with Gasteiger partial charge in [0.1, 0.15) is 0 Å². The van der Waals surface area contributed by atoms with Crippen LogP contribution in [0.1, 0.15) is 76.4 Å². The Hall–Kier alpha value is -0.870. The molecule has 1 aromatic rings. The zero-order valence-corrected chi connectivity index (χ0v) is 13.4. The van der Waals surface area contributed by atoms with Crippen molar-refractivity contribution >= 4 is 0 Å². The van der Waals surface area contributed by atoms with Crippen LogP contribution in [0.5, 0.6) is 0 Å². The fourth-order valence-electron chi connectivity index (χ4n) is 4.28. The summed E-state index contributed by atoms with van der Waals surface area (Å²) >= 11 is 0. The lowest BCUT2D eigenvalue weighted by molar-refractivity contribution is 0.143. The van der Waals surface area contributed by atoms with Gasteiger partial charge >= 0.3 is 0 Å². The Balaban J connectivity index is 1.66. The van der Waals surface area contributed by atoms with E-state index in [1.165, 1.54) is 63.5 Å². The van der Waals surface area contributed by atoms with Gasteiger partial charge in [-0.15, -0.1) is 0 Å². The van der Waals surface area contributed by atoms with E-state index >= 15 is 0 Å². The second-order valence-electron chi connectivity index (χ2n) is 7.36. The van der Waals surface area contributed by atoms with E-state index in [1.54, 1.807) is 0 Å². The van der Waals surface area contributed by atoms with Crippen LogP contribution in [0.3, 0.4) is 0 Å². The van der Waals surface area contributed by atoms with Gasteiger partial charge in [0.25, 0.3) is 0 Å². The van der Waals surface area contributed by atoms with Gasteiger partial charge in [-0.25, -0.2) is 0 Å². The third-order valence-electron chi connectivity index (χ3n) is 5.81. The van der Waals surface area contributed by atoms with Crippen molar-refractivity contribution in [2.24, 2.45) is 11.3 Å². The number of hydrazine groups is 1. The van der Waals surface area contributed by atoms with Crippen LogP contribution in [0.2, 0.25) is 0 Å². The molecule has 4 nitrogen and oxygen atoms in total. The van der Waals surface area contributed by atoms with Crippen molar-refractivity contribution in [3.05, 3.63) is 18.0 Å². The Labute approximate surface area is 128 Å². The van der Waals surface area contributed by atoms with Gasteiger partial charge in [0, 0.05) is 18.7 Å². The molecule has 0 saturated heterocycles. The summed E-state index contributed by atoms with van der Waals surface area (Å²) in [6, 6.07) is 3.16. The molecule has 0 aliphatic heterocycles. The average Bonchev–Trinajstić information content (AvgIpc) is 3.16. The van der Waals surface area contributed by atoms with Crippen LogP contribution in [0.15, 0.2) is 12.3 Å². The first-order valence-corrected chi connectivity index (χ1v) is 8.71. The van der Waals surface area contributed by atoms with Crippen LogP contribution in [0, 0.1) is 5.41 Å². The highest BCUT2D eigenvalue weighted by molar-refractivity contribution is 5.05. The highest BCUT2D eigenvalue weighted by Crippen LogP contribution is 2.39.